The van der Waals surface area contributed by atoms with Gasteiger partial charge in [0.05, 0.1) is 22.3 Å². The van der Waals surface area contributed by atoms with Crippen LogP contribution < -0.4 is 10.9 Å². The minimum absolute atomic E-state index is 0.142. The Morgan fingerprint density at radius 1 is 0.966 bits per heavy atom. The van der Waals surface area contributed by atoms with Crippen molar-refractivity contribution in [3.63, 3.8) is 0 Å². The van der Waals surface area contributed by atoms with Crippen LogP contribution in [0.3, 0.4) is 0 Å². The van der Waals surface area contributed by atoms with Gasteiger partial charge in [0.15, 0.2) is 5.16 Å². The number of nitrogens with one attached hydrogen (secondary N) is 1. The molecule has 0 saturated heterocycles. The van der Waals surface area contributed by atoms with Gasteiger partial charge < -0.3 is 5.32 Å². The van der Waals surface area contributed by atoms with Gasteiger partial charge in [0.1, 0.15) is 0 Å². The smallest absolute Gasteiger partial charge is 0.266 e. The molecule has 0 saturated carbocycles. The van der Waals surface area contributed by atoms with Crippen LogP contribution in [-0.4, -0.2) is 21.2 Å². The van der Waals surface area contributed by atoms with Crippen molar-refractivity contribution < 1.29 is 4.79 Å². The molecule has 1 heterocycles. The summed E-state index contributed by atoms with van der Waals surface area (Å²) < 4.78 is 2.66. The minimum atomic E-state index is -0.154. The second-order valence-electron chi connectivity index (χ2n) is 6.23. The normalized spacial score (nSPS) is 10.8. The molecule has 144 valence electrons. The van der Waals surface area contributed by atoms with Crippen molar-refractivity contribution in [3.8, 4) is 5.69 Å². The first-order chi connectivity index (χ1) is 14.1. The molecule has 0 aliphatic carbocycles. The van der Waals surface area contributed by atoms with Crippen molar-refractivity contribution in [3.05, 3.63) is 92.8 Å². The summed E-state index contributed by atoms with van der Waals surface area (Å²) in [6.07, 6.45) is 0. The molecule has 0 radical (unpaired) electrons. The molecule has 0 bridgehead atoms. The van der Waals surface area contributed by atoms with Gasteiger partial charge in [-0.05, 0) is 71.1 Å². The number of hydrogen-bond acceptors (Lipinski definition) is 4. The standard InChI is InChI=1S/C22H16IN3O2S/c23-15-10-12-16(13-11-15)24-20(27)14-29-22-25-19-9-5-4-8-18(19)21(28)26(22)17-6-2-1-3-7-17/h1-13H,14H2,(H,24,27). The average Bonchev–Trinajstić information content (AvgIpc) is 2.75. The third kappa shape index (κ3) is 4.51. The summed E-state index contributed by atoms with van der Waals surface area (Å²) in [4.78, 5) is 30.2. The largest absolute Gasteiger partial charge is 0.325 e. The predicted molar refractivity (Wildman–Crippen MR) is 126 cm³/mol. The zero-order valence-corrected chi connectivity index (χ0v) is 18.2. The number of halogens is 1. The molecule has 0 aliphatic heterocycles. The number of para-hydroxylation sites is 2. The quantitative estimate of drug-likeness (QED) is 0.238. The number of rotatable bonds is 5. The average molecular weight is 513 g/mol. The Morgan fingerprint density at radius 3 is 2.41 bits per heavy atom. The van der Waals surface area contributed by atoms with E-state index in [0.717, 1.165) is 14.9 Å². The maximum Gasteiger partial charge on any atom is 0.266 e. The van der Waals surface area contributed by atoms with E-state index in [-0.39, 0.29) is 17.2 Å². The van der Waals surface area contributed by atoms with E-state index in [1.54, 1.807) is 10.6 Å². The maximum absolute atomic E-state index is 13.1. The van der Waals surface area contributed by atoms with Gasteiger partial charge in [-0.3, -0.25) is 14.2 Å². The van der Waals surface area contributed by atoms with Crippen molar-refractivity contribution in [2.75, 3.05) is 11.1 Å². The number of fused-ring (bicyclic) bond motifs is 1. The summed E-state index contributed by atoms with van der Waals surface area (Å²) in [5.74, 6) is -0.0120. The van der Waals surface area contributed by atoms with E-state index in [2.05, 4.69) is 32.9 Å². The molecule has 7 heteroatoms. The summed E-state index contributed by atoms with van der Waals surface area (Å²) in [6, 6.07) is 24.2. The molecule has 0 spiro atoms. The van der Waals surface area contributed by atoms with Crippen LogP contribution in [0, 0.1) is 3.57 Å². The second-order valence-corrected chi connectivity index (χ2v) is 8.42. The van der Waals surface area contributed by atoms with Gasteiger partial charge in [-0.15, -0.1) is 0 Å². The van der Waals surface area contributed by atoms with E-state index < -0.39 is 0 Å². The molecule has 0 aliphatic rings. The van der Waals surface area contributed by atoms with Gasteiger partial charge in [-0.25, -0.2) is 4.98 Å². The van der Waals surface area contributed by atoms with Crippen molar-refractivity contribution in [2.24, 2.45) is 0 Å². The Hall–Kier alpha value is -2.65. The molecule has 29 heavy (non-hydrogen) atoms. The first-order valence-corrected chi connectivity index (χ1v) is 10.9. The minimum Gasteiger partial charge on any atom is -0.325 e. The number of aromatic nitrogens is 2. The molecule has 4 rings (SSSR count). The molecule has 5 nitrogen and oxygen atoms in total. The van der Waals surface area contributed by atoms with Gasteiger partial charge >= 0.3 is 0 Å². The Labute approximate surface area is 185 Å². The van der Waals surface area contributed by atoms with Crippen molar-refractivity contribution in [1.29, 1.82) is 0 Å². The number of nitrogens with zero attached hydrogens (tertiary/aromatic N) is 2. The molecule has 3 aromatic carbocycles. The highest BCUT2D eigenvalue weighted by Crippen LogP contribution is 2.21. The molecule has 1 N–H and O–H groups in total. The highest BCUT2D eigenvalue weighted by Gasteiger charge is 2.14. The predicted octanol–water partition coefficient (Wildman–Crippen LogP) is 4.72. The van der Waals surface area contributed by atoms with Gasteiger partial charge in [-0.2, -0.15) is 0 Å². The lowest BCUT2D eigenvalue weighted by Gasteiger charge is -2.13. The van der Waals surface area contributed by atoms with Gasteiger partial charge in [0.2, 0.25) is 5.91 Å². The third-order valence-electron chi connectivity index (χ3n) is 4.22. The molecule has 4 aromatic rings. The number of carbonyl (C=O) groups is 1. The summed E-state index contributed by atoms with van der Waals surface area (Å²) in [5, 5.41) is 3.90. The van der Waals surface area contributed by atoms with Crippen LogP contribution in [-0.2, 0) is 4.79 Å². The fraction of sp³-hybridized carbons (Fsp3) is 0.0455. The molecule has 0 unspecified atom stereocenters. The number of hydrogen-bond donors (Lipinski definition) is 1. The molecule has 0 fully saturated rings. The van der Waals surface area contributed by atoms with Crippen LogP contribution in [0.5, 0.6) is 0 Å². The van der Waals surface area contributed by atoms with Crippen LogP contribution in [0.25, 0.3) is 16.6 Å². The zero-order chi connectivity index (χ0) is 20.2. The Balaban J connectivity index is 1.64. The van der Waals surface area contributed by atoms with Crippen molar-refractivity contribution in [2.45, 2.75) is 5.16 Å². The van der Waals surface area contributed by atoms with Gasteiger partial charge in [0, 0.05) is 9.26 Å². The summed E-state index contributed by atoms with van der Waals surface area (Å²) >= 11 is 3.46. The first kappa shape index (κ1) is 19.7. The highest BCUT2D eigenvalue weighted by molar-refractivity contribution is 14.1. The summed E-state index contributed by atoms with van der Waals surface area (Å²) in [6.45, 7) is 0. The van der Waals surface area contributed by atoms with Crippen molar-refractivity contribution in [1.82, 2.24) is 9.55 Å². The molecular weight excluding hydrogens is 497 g/mol. The zero-order valence-electron chi connectivity index (χ0n) is 15.2. The van der Waals surface area contributed by atoms with Crippen molar-refractivity contribution >= 4 is 56.9 Å². The molecule has 1 aromatic heterocycles. The van der Waals surface area contributed by atoms with E-state index >= 15 is 0 Å². The number of carbonyl (C=O) groups excluding carboxylic acids is 1. The second kappa shape index (κ2) is 8.79. The fourth-order valence-corrected chi connectivity index (χ4v) is 4.05. The van der Waals surface area contributed by atoms with E-state index in [1.807, 2.05) is 72.8 Å². The SMILES string of the molecule is O=C(CSc1nc2ccccc2c(=O)n1-c1ccccc1)Nc1ccc(I)cc1. The molecule has 1 amide bonds. The topological polar surface area (TPSA) is 64.0 Å². The molecular formula is C22H16IN3O2S. The van der Waals surface area contributed by atoms with E-state index in [4.69, 9.17) is 0 Å². The highest BCUT2D eigenvalue weighted by atomic mass is 127. The van der Waals surface area contributed by atoms with E-state index in [9.17, 15) is 9.59 Å². The van der Waals surface area contributed by atoms with E-state index in [1.165, 1.54) is 11.8 Å². The summed E-state index contributed by atoms with van der Waals surface area (Å²) in [7, 11) is 0. The fourth-order valence-electron chi connectivity index (χ4n) is 2.87. The van der Waals surface area contributed by atoms with Crippen LogP contribution in [0.2, 0.25) is 0 Å². The van der Waals surface area contributed by atoms with Gasteiger partial charge in [0.25, 0.3) is 5.56 Å². The number of benzene rings is 3. The Morgan fingerprint density at radius 2 is 1.66 bits per heavy atom. The monoisotopic (exact) mass is 513 g/mol. The van der Waals surface area contributed by atoms with Gasteiger partial charge in [-0.1, -0.05) is 42.1 Å². The number of thioether (sulfide) groups is 1. The Kier molecular flexibility index (Phi) is 5.96. The lowest BCUT2D eigenvalue weighted by molar-refractivity contribution is -0.113. The lowest BCUT2D eigenvalue weighted by Crippen LogP contribution is -2.22. The van der Waals surface area contributed by atoms with Crippen LogP contribution >= 0.6 is 34.4 Å². The first-order valence-electron chi connectivity index (χ1n) is 8.87. The van der Waals surface area contributed by atoms with Crippen LogP contribution in [0.15, 0.2) is 88.8 Å². The lowest BCUT2D eigenvalue weighted by atomic mass is 10.2. The molecule has 0 atom stereocenters. The number of anilines is 1. The Bertz CT molecular complexity index is 1220. The van der Waals surface area contributed by atoms with Crippen LogP contribution in [0.4, 0.5) is 5.69 Å². The van der Waals surface area contributed by atoms with Crippen LogP contribution in [0.1, 0.15) is 0 Å². The maximum atomic E-state index is 13.1. The summed E-state index contributed by atoms with van der Waals surface area (Å²) in [5.41, 5.74) is 1.92. The van der Waals surface area contributed by atoms with E-state index in [0.29, 0.717) is 16.1 Å². The third-order valence-corrected chi connectivity index (χ3v) is 5.88. The number of amides is 1.